The average molecular weight is 144 g/mol. The van der Waals surface area contributed by atoms with E-state index in [-0.39, 0.29) is 12.5 Å². The van der Waals surface area contributed by atoms with Crippen LogP contribution in [0.2, 0.25) is 0 Å². The molecule has 0 saturated carbocycles. The Morgan fingerprint density at radius 1 is 1.60 bits per heavy atom. The number of hydrogen-bond acceptors (Lipinski definition) is 2. The summed E-state index contributed by atoms with van der Waals surface area (Å²) in [4.78, 5) is 10.9. The number of hydrogen-bond donors (Lipinski definition) is 2. The van der Waals surface area contributed by atoms with Crippen LogP contribution < -0.4 is 10.6 Å². The first-order valence-corrected chi connectivity index (χ1v) is 3.41. The number of carbonyl (C=O) groups is 1. The highest BCUT2D eigenvalue weighted by atomic mass is 19.1. The van der Waals surface area contributed by atoms with Crippen LogP contribution in [0.4, 0.5) is 4.39 Å². The highest BCUT2D eigenvalue weighted by Gasteiger charge is 2.53. The fourth-order valence-electron chi connectivity index (χ4n) is 1.60. The van der Waals surface area contributed by atoms with Gasteiger partial charge in [-0.05, 0) is 0 Å². The molecule has 2 N–H and O–H groups in total. The van der Waals surface area contributed by atoms with E-state index in [9.17, 15) is 9.18 Å². The molecular weight excluding hydrogens is 135 g/mol. The van der Waals surface area contributed by atoms with Crippen molar-refractivity contribution in [2.75, 3.05) is 19.6 Å². The van der Waals surface area contributed by atoms with Gasteiger partial charge in [-0.15, -0.1) is 0 Å². The Hall–Kier alpha value is -0.640. The largest absolute Gasteiger partial charge is 0.353 e. The first kappa shape index (κ1) is 6.09. The molecule has 0 bridgehead atoms. The zero-order valence-electron chi connectivity index (χ0n) is 5.48. The van der Waals surface area contributed by atoms with Gasteiger partial charge in [-0.25, -0.2) is 4.39 Å². The molecule has 2 heterocycles. The zero-order chi connectivity index (χ0) is 7.19. The molecule has 0 aromatic carbocycles. The van der Waals surface area contributed by atoms with E-state index in [2.05, 4.69) is 10.6 Å². The molecule has 0 aliphatic carbocycles. The van der Waals surface area contributed by atoms with Crippen molar-refractivity contribution < 1.29 is 9.18 Å². The van der Waals surface area contributed by atoms with Gasteiger partial charge in [-0.2, -0.15) is 0 Å². The van der Waals surface area contributed by atoms with Gasteiger partial charge in [-0.1, -0.05) is 0 Å². The molecule has 2 aliphatic rings. The second kappa shape index (κ2) is 1.69. The van der Waals surface area contributed by atoms with E-state index in [1.807, 2.05) is 0 Å². The van der Waals surface area contributed by atoms with Crippen molar-refractivity contribution >= 4 is 5.91 Å². The smallest absolute Gasteiger partial charge is 0.259 e. The maximum absolute atomic E-state index is 13.4. The maximum Gasteiger partial charge on any atom is 0.259 e. The molecule has 2 atom stereocenters. The first-order valence-electron chi connectivity index (χ1n) is 3.41. The van der Waals surface area contributed by atoms with Crippen LogP contribution in [0, 0.1) is 5.92 Å². The number of nitrogens with one attached hydrogen (secondary N) is 2. The van der Waals surface area contributed by atoms with Crippen LogP contribution in [0.15, 0.2) is 0 Å². The van der Waals surface area contributed by atoms with Gasteiger partial charge in [0, 0.05) is 25.6 Å². The summed E-state index contributed by atoms with van der Waals surface area (Å²) in [5, 5.41) is 5.37. The highest BCUT2D eigenvalue weighted by Crippen LogP contribution is 2.30. The quantitative estimate of drug-likeness (QED) is 0.460. The van der Waals surface area contributed by atoms with Crippen molar-refractivity contribution in [3.05, 3.63) is 0 Å². The van der Waals surface area contributed by atoms with Crippen molar-refractivity contribution in [2.24, 2.45) is 5.92 Å². The summed E-state index contributed by atoms with van der Waals surface area (Å²) in [6.07, 6.45) is 0. The normalized spacial score (nSPS) is 45.3. The highest BCUT2D eigenvalue weighted by molar-refractivity contribution is 5.88. The van der Waals surface area contributed by atoms with Crippen LogP contribution in [-0.4, -0.2) is 31.2 Å². The second-order valence-corrected chi connectivity index (χ2v) is 2.90. The average Bonchev–Trinajstić information content (AvgIpc) is 2.36. The number of rotatable bonds is 0. The summed E-state index contributed by atoms with van der Waals surface area (Å²) < 4.78 is 13.4. The molecule has 0 spiro atoms. The van der Waals surface area contributed by atoms with Crippen LogP contribution in [0.5, 0.6) is 0 Å². The van der Waals surface area contributed by atoms with Gasteiger partial charge in [0.1, 0.15) is 0 Å². The van der Waals surface area contributed by atoms with E-state index in [1.165, 1.54) is 0 Å². The van der Waals surface area contributed by atoms with Gasteiger partial charge in [0.05, 0.1) is 0 Å². The minimum absolute atomic E-state index is 0.139. The molecule has 56 valence electrons. The molecule has 2 saturated heterocycles. The Morgan fingerprint density at radius 3 is 3.10 bits per heavy atom. The number of fused-ring (bicyclic) bond motifs is 1. The molecule has 10 heavy (non-hydrogen) atoms. The van der Waals surface area contributed by atoms with Crippen molar-refractivity contribution in [3.8, 4) is 0 Å². The van der Waals surface area contributed by atoms with Gasteiger partial charge in [0.25, 0.3) is 5.91 Å². The molecule has 0 aromatic rings. The Morgan fingerprint density at radius 2 is 2.40 bits per heavy atom. The van der Waals surface area contributed by atoms with Crippen molar-refractivity contribution in [1.29, 1.82) is 0 Å². The Balaban J connectivity index is 2.30. The van der Waals surface area contributed by atoms with Crippen LogP contribution in [0.3, 0.4) is 0 Å². The van der Waals surface area contributed by atoms with Crippen molar-refractivity contribution in [2.45, 2.75) is 5.67 Å². The fraction of sp³-hybridized carbons (Fsp3) is 0.833. The lowest BCUT2D eigenvalue weighted by molar-refractivity contribution is -0.129. The Kier molecular flexibility index (Phi) is 1.03. The molecule has 0 radical (unpaired) electrons. The second-order valence-electron chi connectivity index (χ2n) is 2.90. The summed E-state index contributed by atoms with van der Waals surface area (Å²) in [5.74, 6) is -0.581. The minimum atomic E-state index is -1.60. The summed E-state index contributed by atoms with van der Waals surface area (Å²) in [6, 6.07) is 0. The lowest BCUT2D eigenvalue weighted by Gasteiger charge is -2.12. The van der Waals surface area contributed by atoms with Crippen molar-refractivity contribution in [1.82, 2.24) is 10.6 Å². The molecule has 2 rings (SSSR count). The van der Waals surface area contributed by atoms with Gasteiger partial charge in [0.15, 0.2) is 0 Å². The van der Waals surface area contributed by atoms with Crippen LogP contribution in [-0.2, 0) is 4.79 Å². The van der Waals surface area contributed by atoms with Crippen LogP contribution in [0.25, 0.3) is 0 Å². The molecule has 0 unspecified atom stereocenters. The summed E-state index contributed by atoms with van der Waals surface area (Å²) in [7, 11) is 0. The van der Waals surface area contributed by atoms with E-state index in [1.54, 1.807) is 0 Å². The molecule has 4 heteroatoms. The number of amides is 1. The topological polar surface area (TPSA) is 41.1 Å². The first-order chi connectivity index (χ1) is 4.73. The van der Waals surface area contributed by atoms with E-state index in [0.717, 1.165) is 0 Å². The number of alkyl halides is 1. The number of carbonyl (C=O) groups excluding carboxylic acids is 1. The van der Waals surface area contributed by atoms with E-state index >= 15 is 0 Å². The molecular formula is C6H9FN2O. The Labute approximate surface area is 58.0 Å². The lowest BCUT2D eigenvalue weighted by atomic mass is 9.97. The number of halogens is 1. The lowest BCUT2D eigenvalue weighted by Crippen LogP contribution is -2.39. The molecule has 1 amide bonds. The third-order valence-electron chi connectivity index (χ3n) is 2.31. The monoisotopic (exact) mass is 144 g/mol. The zero-order valence-corrected chi connectivity index (χ0v) is 5.48. The molecule has 2 fully saturated rings. The summed E-state index contributed by atoms with van der Waals surface area (Å²) in [6.45, 7) is 1.29. The Bertz CT molecular complexity index is 185. The summed E-state index contributed by atoms with van der Waals surface area (Å²) >= 11 is 0. The van der Waals surface area contributed by atoms with Crippen LogP contribution >= 0.6 is 0 Å². The molecule has 3 nitrogen and oxygen atoms in total. The third-order valence-corrected chi connectivity index (χ3v) is 2.31. The third kappa shape index (κ3) is 0.546. The SMILES string of the molecule is O=C1NC[C@@H]2CNC[C@@]12F. The maximum atomic E-state index is 13.4. The van der Waals surface area contributed by atoms with Crippen LogP contribution in [0.1, 0.15) is 0 Å². The fourth-order valence-corrected chi connectivity index (χ4v) is 1.60. The predicted molar refractivity (Wildman–Crippen MR) is 33.2 cm³/mol. The van der Waals surface area contributed by atoms with Crippen molar-refractivity contribution in [3.63, 3.8) is 0 Å². The standard InChI is InChI=1S/C6H9FN2O/c7-6-3-8-1-4(6)2-9-5(6)10/h4,8H,1-3H2,(H,9,10)/t4-,6-/m0/s1. The van der Waals surface area contributed by atoms with E-state index in [4.69, 9.17) is 0 Å². The van der Waals surface area contributed by atoms with Gasteiger partial charge < -0.3 is 10.6 Å². The van der Waals surface area contributed by atoms with Gasteiger partial charge >= 0.3 is 0 Å². The predicted octanol–water partition coefficient (Wildman–Crippen LogP) is -0.956. The molecule has 2 aliphatic heterocycles. The van der Waals surface area contributed by atoms with Gasteiger partial charge in [0.2, 0.25) is 5.67 Å². The van der Waals surface area contributed by atoms with E-state index < -0.39 is 11.6 Å². The minimum Gasteiger partial charge on any atom is -0.353 e. The summed E-state index contributed by atoms with van der Waals surface area (Å²) in [5.41, 5.74) is -1.60. The molecule has 0 aromatic heterocycles. The van der Waals surface area contributed by atoms with Gasteiger partial charge in [-0.3, -0.25) is 4.79 Å². The van der Waals surface area contributed by atoms with E-state index in [0.29, 0.717) is 13.1 Å².